The summed E-state index contributed by atoms with van der Waals surface area (Å²) >= 11 is 5.13. The fourth-order valence-electron chi connectivity index (χ4n) is 2.94. The number of nitrogens with one attached hydrogen (secondary N) is 3. The minimum absolute atomic E-state index is 0.0207. The first-order chi connectivity index (χ1) is 15.6. The van der Waals surface area contributed by atoms with Gasteiger partial charge in [-0.2, -0.15) is 0 Å². The first-order valence-electron chi connectivity index (χ1n) is 10.4. The van der Waals surface area contributed by atoms with E-state index in [0.717, 1.165) is 24.0 Å². The number of hydrogen-bond donors (Lipinski definition) is 3. The second-order valence-corrected chi connectivity index (χ2v) is 7.41. The van der Waals surface area contributed by atoms with Crippen molar-refractivity contribution in [3.63, 3.8) is 0 Å². The van der Waals surface area contributed by atoms with Crippen LogP contribution in [0.15, 0.2) is 78.9 Å². The molecule has 0 radical (unpaired) electrons. The van der Waals surface area contributed by atoms with Gasteiger partial charge in [-0.05, 0) is 54.0 Å². The van der Waals surface area contributed by atoms with Crippen LogP contribution in [0.1, 0.15) is 40.5 Å². The Morgan fingerprint density at radius 2 is 1.47 bits per heavy atom. The Bertz CT molecular complexity index is 1070. The van der Waals surface area contributed by atoms with Gasteiger partial charge < -0.3 is 4.74 Å². The Morgan fingerprint density at radius 3 is 2.19 bits per heavy atom. The SMILES string of the molecule is CCCCOc1ccccc1C(=O)NC(=S)NNC(=O)c1ccc(-c2ccccc2)cc1. The van der Waals surface area contributed by atoms with Crippen molar-refractivity contribution in [1.82, 2.24) is 16.2 Å². The Hall–Kier alpha value is -3.71. The summed E-state index contributed by atoms with van der Waals surface area (Å²) in [7, 11) is 0. The molecule has 3 aromatic rings. The molecule has 3 N–H and O–H groups in total. The average Bonchev–Trinajstić information content (AvgIpc) is 2.83. The molecule has 3 rings (SSSR count). The highest BCUT2D eigenvalue weighted by Gasteiger charge is 2.14. The van der Waals surface area contributed by atoms with Crippen LogP contribution in [0.4, 0.5) is 0 Å². The largest absolute Gasteiger partial charge is 0.493 e. The van der Waals surface area contributed by atoms with Crippen LogP contribution in [-0.2, 0) is 0 Å². The van der Waals surface area contributed by atoms with Gasteiger partial charge >= 0.3 is 0 Å². The van der Waals surface area contributed by atoms with Gasteiger partial charge in [0.25, 0.3) is 11.8 Å². The van der Waals surface area contributed by atoms with E-state index in [1.165, 1.54) is 0 Å². The molecule has 0 aliphatic rings. The molecule has 32 heavy (non-hydrogen) atoms. The van der Waals surface area contributed by atoms with Crippen molar-refractivity contribution in [2.45, 2.75) is 19.8 Å². The molecule has 6 nitrogen and oxygen atoms in total. The van der Waals surface area contributed by atoms with Crippen LogP contribution < -0.4 is 20.9 Å². The highest BCUT2D eigenvalue weighted by Crippen LogP contribution is 2.19. The van der Waals surface area contributed by atoms with Crippen LogP contribution in [0.25, 0.3) is 11.1 Å². The predicted octanol–water partition coefficient (Wildman–Crippen LogP) is 4.48. The standard InChI is InChI=1S/C25H25N3O3S/c1-2-3-17-31-22-12-8-7-11-21(22)24(30)26-25(32)28-27-23(29)20-15-13-19(14-16-20)18-9-5-4-6-10-18/h4-16H,2-3,17H2,1H3,(H,27,29)(H2,26,28,30,32). The lowest BCUT2D eigenvalue weighted by Crippen LogP contribution is -2.48. The monoisotopic (exact) mass is 447 g/mol. The van der Waals surface area contributed by atoms with E-state index in [0.29, 0.717) is 23.5 Å². The van der Waals surface area contributed by atoms with Gasteiger partial charge in [-0.1, -0.05) is 67.9 Å². The van der Waals surface area contributed by atoms with E-state index in [4.69, 9.17) is 17.0 Å². The van der Waals surface area contributed by atoms with Gasteiger partial charge in [-0.25, -0.2) is 0 Å². The van der Waals surface area contributed by atoms with Gasteiger partial charge in [-0.15, -0.1) is 0 Å². The minimum Gasteiger partial charge on any atom is -0.493 e. The molecular formula is C25H25N3O3S. The lowest BCUT2D eigenvalue weighted by atomic mass is 10.0. The van der Waals surface area contributed by atoms with Crippen LogP contribution in [0.3, 0.4) is 0 Å². The highest BCUT2D eigenvalue weighted by atomic mass is 32.1. The van der Waals surface area contributed by atoms with E-state index in [9.17, 15) is 9.59 Å². The molecule has 0 bridgehead atoms. The van der Waals surface area contributed by atoms with Gasteiger partial charge in [0.2, 0.25) is 0 Å². The number of ether oxygens (including phenoxy) is 1. The van der Waals surface area contributed by atoms with Gasteiger partial charge in [-0.3, -0.25) is 25.8 Å². The maximum atomic E-state index is 12.6. The summed E-state index contributed by atoms with van der Waals surface area (Å²) in [4.78, 5) is 25.0. The van der Waals surface area contributed by atoms with E-state index < -0.39 is 5.91 Å². The molecule has 0 saturated carbocycles. The molecular weight excluding hydrogens is 422 g/mol. The number of rotatable bonds is 7. The lowest BCUT2D eigenvalue weighted by molar-refractivity contribution is 0.0933. The van der Waals surface area contributed by atoms with Crippen molar-refractivity contribution >= 4 is 29.1 Å². The summed E-state index contributed by atoms with van der Waals surface area (Å²) in [6, 6.07) is 24.0. The van der Waals surface area contributed by atoms with Crippen molar-refractivity contribution in [3.8, 4) is 16.9 Å². The lowest BCUT2D eigenvalue weighted by Gasteiger charge is -2.13. The van der Waals surface area contributed by atoms with E-state index in [1.807, 2.05) is 42.5 Å². The average molecular weight is 448 g/mol. The van der Waals surface area contributed by atoms with Gasteiger partial charge in [0, 0.05) is 5.56 Å². The molecule has 2 amide bonds. The third-order valence-electron chi connectivity index (χ3n) is 4.66. The normalized spacial score (nSPS) is 10.2. The van der Waals surface area contributed by atoms with Crippen LogP contribution in [-0.4, -0.2) is 23.5 Å². The smallest absolute Gasteiger partial charge is 0.269 e. The summed E-state index contributed by atoms with van der Waals surface area (Å²) in [5.41, 5.74) is 7.97. The van der Waals surface area contributed by atoms with E-state index >= 15 is 0 Å². The number of hydrogen-bond acceptors (Lipinski definition) is 4. The maximum absolute atomic E-state index is 12.6. The quantitative estimate of drug-likeness (QED) is 0.283. The van der Waals surface area contributed by atoms with Crippen LogP contribution in [0, 0.1) is 0 Å². The first kappa shape index (κ1) is 23.0. The summed E-state index contributed by atoms with van der Waals surface area (Å²) in [6.45, 7) is 2.60. The maximum Gasteiger partial charge on any atom is 0.269 e. The molecule has 0 unspecified atom stereocenters. The summed E-state index contributed by atoms with van der Waals surface area (Å²) in [5, 5.41) is 2.53. The number of thiocarbonyl (C=S) groups is 1. The zero-order valence-corrected chi connectivity index (χ0v) is 18.6. The molecule has 7 heteroatoms. The van der Waals surface area contributed by atoms with Crippen molar-refractivity contribution in [1.29, 1.82) is 0 Å². The molecule has 0 aliphatic heterocycles. The van der Waals surface area contributed by atoms with Crippen LogP contribution in [0.5, 0.6) is 5.75 Å². The molecule has 0 heterocycles. The number of unbranched alkanes of at least 4 members (excludes halogenated alkanes) is 1. The number of amides is 2. The fourth-order valence-corrected chi connectivity index (χ4v) is 3.08. The molecule has 0 spiro atoms. The molecule has 0 fully saturated rings. The zero-order chi connectivity index (χ0) is 22.8. The van der Waals surface area contributed by atoms with Crippen LogP contribution in [0.2, 0.25) is 0 Å². The second-order valence-electron chi connectivity index (χ2n) is 7.00. The Labute approximate surface area is 193 Å². The van der Waals surface area contributed by atoms with Gasteiger partial charge in [0.15, 0.2) is 5.11 Å². The predicted molar refractivity (Wildman–Crippen MR) is 129 cm³/mol. The number of carbonyl (C=O) groups is 2. The Balaban J connectivity index is 1.52. The van der Waals surface area contributed by atoms with Crippen molar-refractivity contribution < 1.29 is 14.3 Å². The molecule has 0 saturated heterocycles. The summed E-state index contributed by atoms with van der Waals surface area (Å²) < 4.78 is 5.68. The van der Waals surface area contributed by atoms with E-state index in [-0.39, 0.29) is 11.0 Å². The number of para-hydroxylation sites is 1. The number of hydrazine groups is 1. The van der Waals surface area contributed by atoms with Crippen molar-refractivity contribution in [2.24, 2.45) is 0 Å². The van der Waals surface area contributed by atoms with Gasteiger partial charge in [0.1, 0.15) is 5.75 Å². The third-order valence-corrected chi connectivity index (χ3v) is 4.86. The summed E-state index contributed by atoms with van der Waals surface area (Å²) in [5.74, 6) is -0.302. The molecule has 164 valence electrons. The van der Waals surface area contributed by atoms with Crippen LogP contribution >= 0.6 is 12.2 Å². The molecule has 3 aromatic carbocycles. The number of benzene rings is 3. The molecule has 0 aromatic heterocycles. The molecule has 0 aliphatic carbocycles. The van der Waals surface area contributed by atoms with Crippen molar-refractivity contribution in [3.05, 3.63) is 90.0 Å². The topological polar surface area (TPSA) is 79.5 Å². The Kier molecular flexibility index (Phi) is 8.34. The van der Waals surface area contributed by atoms with Crippen molar-refractivity contribution in [2.75, 3.05) is 6.61 Å². The fraction of sp³-hybridized carbons (Fsp3) is 0.160. The first-order valence-corrected chi connectivity index (χ1v) is 10.8. The minimum atomic E-state index is -0.420. The van der Waals surface area contributed by atoms with E-state index in [2.05, 4.69) is 23.1 Å². The molecule has 0 atom stereocenters. The Morgan fingerprint density at radius 1 is 0.812 bits per heavy atom. The summed E-state index contributed by atoms with van der Waals surface area (Å²) in [6.07, 6.45) is 1.89. The third kappa shape index (κ3) is 6.39. The second kappa shape index (κ2) is 11.6. The zero-order valence-electron chi connectivity index (χ0n) is 17.8. The van der Waals surface area contributed by atoms with Gasteiger partial charge in [0.05, 0.1) is 12.2 Å². The number of carbonyl (C=O) groups excluding carboxylic acids is 2. The highest BCUT2D eigenvalue weighted by molar-refractivity contribution is 7.80. The van der Waals surface area contributed by atoms with E-state index in [1.54, 1.807) is 36.4 Å².